The smallest absolute Gasteiger partial charge is 0.374 e. The Bertz CT molecular complexity index is 1400. The molecule has 4 rings (SSSR count). The molecule has 0 spiro atoms. The Labute approximate surface area is 205 Å². The van der Waals surface area contributed by atoms with E-state index in [-0.39, 0.29) is 18.0 Å². The van der Waals surface area contributed by atoms with Crippen LogP contribution in [0, 0.1) is 0 Å². The van der Waals surface area contributed by atoms with Gasteiger partial charge in [-0.2, -0.15) is 21.6 Å². The third kappa shape index (κ3) is 5.15. The summed E-state index contributed by atoms with van der Waals surface area (Å²) in [5.41, 5.74) is -4.13. The van der Waals surface area contributed by atoms with Crippen LogP contribution in [0.1, 0.15) is 25.1 Å². The first kappa shape index (κ1) is 25.5. The minimum absolute atomic E-state index is 0.116. The van der Waals surface area contributed by atoms with Crippen LogP contribution >= 0.6 is 0 Å². The number of hydrogen-bond donors (Lipinski definition) is 1. The first-order valence-electron chi connectivity index (χ1n) is 11.1. The van der Waals surface area contributed by atoms with Gasteiger partial charge in [-0.15, -0.1) is 0 Å². The lowest BCUT2D eigenvalue weighted by atomic mass is 10.1. The molecule has 192 valence electrons. The first-order valence-corrected chi connectivity index (χ1v) is 12.5. The molecule has 0 bridgehead atoms. The average molecular weight is 525 g/mol. The summed E-state index contributed by atoms with van der Waals surface area (Å²) in [5, 5.41) is 2.41. The second-order valence-corrected chi connectivity index (χ2v) is 9.83. The number of likely N-dealkylation sites (tertiary alicyclic amines) is 1. The molecular formula is C23H23F3N4O5S. The Morgan fingerprint density at radius 2 is 1.83 bits per heavy atom. The summed E-state index contributed by atoms with van der Waals surface area (Å²) in [5.74, 6) is -0.865. The number of para-hydroxylation sites is 4. The van der Waals surface area contributed by atoms with Gasteiger partial charge in [0.05, 0.1) is 16.7 Å². The number of aryl methyl sites for hydroxylation is 2. The fourth-order valence-electron chi connectivity index (χ4n) is 4.14. The van der Waals surface area contributed by atoms with Gasteiger partial charge in [-0.25, -0.2) is 4.98 Å². The minimum atomic E-state index is -5.92. The fourth-order valence-corrected chi connectivity index (χ4v) is 4.62. The van der Waals surface area contributed by atoms with E-state index < -0.39 is 33.3 Å². The summed E-state index contributed by atoms with van der Waals surface area (Å²) in [6.07, 6.45) is 1.40. The van der Waals surface area contributed by atoms with Gasteiger partial charge in [0, 0.05) is 26.4 Å². The SMILES string of the molecule is Cn1c(CCC(=O)N2CCC[C@H]2C(=O)Nc2ccccc2OS(=O)(=O)C(F)(F)F)nc2ccccc21. The predicted octanol–water partition coefficient (Wildman–Crippen LogP) is 3.36. The van der Waals surface area contributed by atoms with Crippen LogP contribution in [0.15, 0.2) is 48.5 Å². The number of hydrogen-bond acceptors (Lipinski definition) is 6. The molecule has 9 nitrogen and oxygen atoms in total. The van der Waals surface area contributed by atoms with Crippen LogP contribution in [0.25, 0.3) is 11.0 Å². The van der Waals surface area contributed by atoms with Crippen LogP contribution in [0.4, 0.5) is 18.9 Å². The average Bonchev–Trinajstić information content (AvgIpc) is 3.43. The predicted molar refractivity (Wildman–Crippen MR) is 124 cm³/mol. The van der Waals surface area contributed by atoms with Crippen LogP contribution in [0.3, 0.4) is 0 Å². The van der Waals surface area contributed by atoms with E-state index in [2.05, 4.69) is 14.5 Å². The Morgan fingerprint density at radius 3 is 2.56 bits per heavy atom. The topological polar surface area (TPSA) is 111 Å². The molecule has 2 amide bonds. The molecule has 13 heteroatoms. The summed E-state index contributed by atoms with van der Waals surface area (Å²) in [6, 6.07) is 11.6. The van der Waals surface area contributed by atoms with Crippen LogP contribution < -0.4 is 9.50 Å². The summed E-state index contributed by atoms with van der Waals surface area (Å²) >= 11 is 0. The normalized spacial score (nSPS) is 16.3. The zero-order valence-electron chi connectivity index (χ0n) is 19.2. The molecule has 0 unspecified atom stereocenters. The van der Waals surface area contributed by atoms with Crippen molar-refractivity contribution in [2.24, 2.45) is 7.05 Å². The van der Waals surface area contributed by atoms with Gasteiger partial charge in [0.2, 0.25) is 11.8 Å². The molecule has 1 N–H and O–H groups in total. The number of carbonyl (C=O) groups excluding carboxylic acids is 2. The fraction of sp³-hybridized carbons (Fsp3) is 0.348. The van der Waals surface area contributed by atoms with Crippen molar-refractivity contribution >= 4 is 38.7 Å². The van der Waals surface area contributed by atoms with Gasteiger partial charge in [0.25, 0.3) is 0 Å². The van der Waals surface area contributed by atoms with Crippen molar-refractivity contribution in [3.8, 4) is 5.75 Å². The van der Waals surface area contributed by atoms with Gasteiger partial charge in [-0.3, -0.25) is 9.59 Å². The summed E-state index contributed by atoms with van der Waals surface area (Å²) in [6.45, 7) is 0.347. The molecular weight excluding hydrogens is 501 g/mol. The van der Waals surface area contributed by atoms with E-state index in [1.165, 1.54) is 23.1 Å². The number of benzene rings is 2. The molecule has 2 heterocycles. The van der Waals surface area contributed by atoms with Gasteiger partial charge in [0.1, 0.15) is 11.9 Å². The maximum Gasteiger partial charge on any atom is 0.534 e. The number of aromatic nitrogens is 2. The Hall–Kier alpha value is -3.61. The molecule has 0 saturated carbocycles. The highest BCUT2D eigenvalue weighted by atomic mass is 32.2. The maximum atomic E-state index is 13.0. The number of imidazole rings is 1. The van der Waals surface area contributed by atoms with Crippen molar-refractivity contribution in [2.75, 3.05) is 11.9 Å². The Balaban J connectivity index is 1.43. The standard InChI is InChI=1S/C23H23F3N4O5S/c1-29-17-9-4-2-7-15(17)27-20(29)12-13-21(31)30-14-6-10-18(30)22(32)28-16-8-3-5-11-19(16)35-36(33,34)23(24,25)26/h2-5,7-9,11,18H,6,10,12-14H2,1H3,(H,28,32)/t18-/m0/s1. The maximum absolute atomic E-state index is 13.0. The monoisotopic (exact) mass is 524 g/mol. The quantitative estimate of drug-likeness (QED) is 0.375. The van der Waals surface area contributed by atoms with Crippen molar-refractivity contribution in [2.45, 2.75) is 37.2 Å². The van der Waals surface area contributed by atoms with E-state index in [1.807, 2.05) is 35.9 Å². The third-order valence-corrected chi connectivity index (χ3v) is 6.91. The Morgan fingerprint density at radius 1 is 1.14 bits per heavy atom. The van der Waals surface area contributed by atoms with Crippen molar-refractivity contribution in [1.82, 2.24) is 14.5 Å². The van der Waals surface area contributed by atoms with Crippen molar-refractivity contribution in [1.29, 1.82) is 0 Å². The molecule has 36 heavy (non-hydrogen) atoms. The van der Waals surface area contributed by atoms with E-state index >= 15 is 0 Å². The molecule has 1 saturated heterocycles. The molecule has 0 radical (unpaired) electrons. The molecule has 1 atom stereocenters. The minimum Gasteiger partial charge on any atom is -0.374 e. The zero-order valence-corrected chi connectivity index (χ0v) is 20.0. The first-order chi connectivity index (χ1) is 17.0. The van der Waals surface area contributed by atoms with E-state index in [1.54, 1.807) is 0 Å². The molecule has 0 aliphatic carbocycles. The van der Waals surface area contributed by atoms with Crippen molar-refractivity contribution < 1.29 is 35.4 Å². The van der Waals surface area contributed by atoms with E-state index in [0.29, 0.717) is 25.8 Å². The van der Waals surface area contributed by atoms with Crippen LogP contribution in [0.2, 0.25) is 0 Å². The number of amides is 2. The number of nitrogens with zero attached hydrogens (tertiary/aromatic N) is 3. The van der Waals surface area contributed by atoms with Gasteiger partial charge in [0.15, 0.2) is 5.75 Å². The van der Waals surface area contributed by atoms with E-state index in [0.717, 1.165) is 22.9 Å². The highest BCUT2D eigenvalue weighted by molar-refractivity contribution is 7.88. The van der Waals surface area contributed by atoms with E-state index in [4.69, 9.17) is 0 Å². The zero-order chi connectivity index (χ0) is 26.1. The van der Waals surface area contributed by atoms with Crippen LogP contribution in [-0.4, -0.2) is 52.8 Å². The molecule has 1 aliphatic rings. The second-order valence-electron chi connectivity index (χ2n) is 8.29. The molecule has 1 fully saturated rings. The number of rotatable bonds is 7. The van der Waals surface area contributed by atoms with Gasteiger partial charge in [-0.05, 0) is 37.1 Å². The van der Waals surface area contributed by atoms with Crippen LogP contribution in [0.5, 0.6) is 5.75 Å². The van der Waals surface area contributed by atoms with E-state index in [9.17, 15) is 31.2 Å². The molecule has 2 aromatic carbocycles. The lowest BCUT2D eigenvalue weighted by Crippen LogP contribution is -2.43. The van der Waals surface area contributed by atoms with Crippen LogP contribution in [-0.2, 0) is 33.2 Å². The summed E-state index contributed by atoms with van der Waals surface area (Å²) in [4.78, 5) is 31.9. The number of alkyl halides is 3. The number of nitrogens with one attached hydrogen (secondary N) is 1. The molecule has 1 aromatic heterocycles. The lowest BCUT2D eigenvalue weighted by Gasteiger charge is -2.24. The molecule has 1 aliphatic heterocycles. The third-order valence-electron chi connectivity index (χ3n) is 5.95. The largest absolute Gasteiger partial charge is 0.534 e. The molecule has 3 aromatic rings. The highest BCUT2D eigenvalue weighted by Gasteiger charge is 2.49. The number of fused-ring (bicyclic) bond motifs is 1. The number of carbonyl (C=O) groups is 2. The van der Waals surface area contributed by atoms with Gasteiger partial charge in [-0.1, -0.05) is 24.3 Å². The van der Waals surface area contributed by atoms with Gasteiger partial charge < -0.3 is 19.0 Å². The second kappa shape index (κ2) is 9.80. The highest BCUT2D eigenvalue weighted by Crippen LogP contribution is 2.32. The van der Waals surface area contributed by atoms with Gasteiger partial charge >= 0.3 is 15.6 Å². The Kier molecular flexibility index (Phi) is 6.94. The number of anilines is 1. The van der Waals surface area contributed by atoms with Crippen molar-refractivity contribution in [3.63, 3.8) is 0 Å². The number of halogens is 3. The summed E-state index contributed by atoms with van der Waals surface area (Å²) in [7, 11) is -4.06. The summed E-state index contributed by atoms with van der Waals surface area (Å²) < 4.78 is 67.1. The van der Waals surface area contributed by atoms with Crippen molar-refractivity contribution in [3.05, 3.63) is 54.4 Å². The lowest BCUT2D eigenvalue weighted by molar-refractivity contribution is -0.136.